The molecule has 6 N–H and O–H groups in total. The van der Waals surface area contributed by atoms with Crippen LogP contribution in [0.5, 0.6) is 11.5 Å². The molecule has 0 radical (unpaired) electrons. The van der Waals surface area contributed by atoms with E-state index in [1.54, 1.807) is 0 Å². The largest absolute Gasteiger partial charge is 0.504 e. The van der Waals surface area contributed by atoms with E-state index in [-0.39, 0.29) is 23.3 Å². The highest BCUT2D eigenvalue weighted by Crippen LogP contribution is 2.28. The van der Waals surface area contributed by atoms with Crippen LogP contribution in [0.25, 0.3) is 11.4 Å². The summed E-state index contributed by atoms with van der Waals surface area (Å²) in [6, 6.07) is 4.02. The van der Waals surface area contributed by atoms with Gasteiger partial charge in [0.05, 0.1) is 0 Å². The summed E-state index contributed by atoms with van der Waals surface area (Å²) in [5.74, 6) is 4.65. The van der Waals surface area contributed by atoms with Gasteiger partial charge in [0.1, 0.15) is 5.82 Å². The number of aromatic nitrogens is 3. The van der Waals surface area contributed by atoms with Gasteiger partial charge in [0.2, 0.25) is 5.95 Å². The molecule has 0 aliphatic carbocycles. The number of nitrogens with one attached hydrogen (secondary N) is 2. The van der Waals surface area contributed by atoms with Crippen LogP contribution in [-0.2, 0) is 0 Å². The first-order valence-corrected chi connectivity index (χ1v) is 4.57. The summed E-state index contributed by atoms with van der Waals surface area (Å²) >= 11 is 0. The fourth-order valence-corrected chi connectivity index (χ4v) is 1.26. The Hall–Kier alpha value is -2.61. The van der Waals surface area contributed by atoms with E-state index in [0.717, 1.165) is 0 Å². The summed E-state index contributed by atoms with van der Waals surface area (Å²) in [5, 5.41) is 18.5. The van der Waals surface area contributed by atoms with Crippen molar-refractivity contribution in [3.63, 3.8) is 0 Å². The van der Waals surface area contributed by atoms with Crippen molar-refractivity contribution in [2.75, 3.05) is 5.43 Å². The molecule has 2 rings (SSSR count). The topological polar surface area (TPSA) is 137 Å². The van der Waals surface area contributed by atoms with Crippen LogP contribution in [0.4, 0.5) is 5.95 Å². The van der Waals surface area contributed by atoms with E-state index in [0.29, 0.717) is 5.56 Å². The Morgan fingerprint density at radius 1 is 1.24 bits per heavy atom. The number of hydrogen-bond donors (Lipinski definition) is 5. The Bertz CT molecular complexity index is 610. The number of nitrogens with zero attached hydrogens (tertiary/aromatic N) is 2. The quantitative estimate of drug-likeness (QED) is 0.269. The van der Waals surface area contributed by atoms with Crippen molar-refractivity contribution in [2.24, 2.45) is 5.84 Å². The molecule has 0 amide bonds. The summed E-state index contributed by atoms with van der Waals surface area (Å²) in [6.07, 6.45) is 0. The van der Waals surface area contributed by atoms with Gasteiger partial charge in [-0.3, -0.25) is 10.4 Å². The molecule has 0 aliphatic heterocycles. The minimum Gasteiger partial charge on any atom is -0.504 e. The molecule has 0 unspecified atom stereocenters. The Morgan fingerprint density at radius 3 is 2.65 bits per heavy atom. The van der Waals surface area contributed by atoms with Gasteiger partial charge < -0.3 is 10.2 Å². The molecule has 0 aliphatic rings. The van der Waals surface area contributed by atoms with Crippen LogP contribution in [0, 0.1) is 0 Å². The van der Waals surface area contributed by atoms with Gasteiger partial charge in [0.15, 0.2) is 11.5 Å². The number of hydrazine groups is 1. The summed E-state index contributed by atoms with van der Waals surface area (Å²) in [5.41, 5.74) is 1.93. The number of phenolic OH excluding ortho intramolecular Hbond substituents is 2. The van der Waals surface area contributed by atoms with Crippen LogP contribution in [-0.4, -0.2) is 25.2 Å². The minimum absolute atomic E-state index is 0.0451. The molecular weight excluding hydrogens is 226 g/mol. The molecule has 0 fully saturated rings. The van der Waals surface area contributed by atoms with Gasteiger partial charge in [-0.05, 0) is 18.2 Å². The maximum absolute atomic E-state index is 11.2. The van der Waals surface area contributed by atoms with Gasteiger partial charge in [0.25, 0.3) is 0 Å². The van der Waals surface area contributed by atoms with Gasteiger partial charge in [-0.2, -0.15) is 9.97 Å². The number of nitrogen functional groups attached to an aromatic ring is 1. The molecule has 1 heterocycles. The molecule has 0 atom stereocenters. The van der Waals surface area contributed by atoms with Crippen LogP contribution < -0.4 is 17.0 Å². The predicted octanol–water partition coefficient (Wildman–Crippen LogP) is -0.471. The van der Waals surface area contributed by atoms with Gasteiger partial charge in [-0.25, -0.2) is 10.6 Å². The fourth-order valence-electron chi connectivity index (χ4n) is 1.26. The molecular formula is C9H9N5O3. The molecule has 2 aromatic rings. The third kappa shape index (κ3) is 2.16. The average Bonchev–Trinajstić information content (AvgIpc) is 2.32. The highest BCUT2D eigenvalue weighted by atomic mass is 16.3. The highest BCUT2D eigenvalue weighted by molar-refractivity contribution is 5.60. The fraction of sp³-hybridized carbons (Fsp3) is 0. The van der Waals surface area contributed by atoms with Crippen molar-refractivity contribution in [1.82, 2.24) is 15.0 Å². The Kier molecular flexibility index (Phi) is 2.63. The van der Waals surface area contributed by atoms with E-state index >= 15 is 0 Å². The molecule has 8 heteroatoms. The van der Waals surface area contributed by atoms with E-state index in [2.05, 4.69) is 20.4 Å². The van der Waals surface area contributed by atoms with Crippen molar-refractivity contribution in [3.8, 4) is 22.9 Å². The lowest BCUT2D eigenvalue weighted by molar-refractivity contribution is 0.404. The lowest BCUT2D eigenvalue weighted by Gasteiger charge is -2.04. The number of H-pyrrole nitrogens is 1. The molecule has 0 spiro atoms. The number of phenols is 2. The monoisotopic (exact) mass is 235 g/mol. The van der Waals surface area contributed by atoms with Crippen molar-refractivity contribution in [1.29, 1.82) is 0 Å². The smallest absolute Gasteiger partial charge is 0.349 e. The van der Waals surface area contributed by atoms with Crippen molar-refractivity contribution >= 4 is 5.95 Å². The maximum atomic E-state index is 11.2. The van der Waals surface area contributed by atoms with Crippen LogP contribution >= 0.6 is 0 Å². The van der Waals surface area contributed by atoms with Crippen LogP contribution in [0.15, 0.2) is 23.0 Å². The first-order chi connectivity index (χ1) is 8.10. The van der Waals surface area contributed by atoms with E-state index in [1.165, 1.54) is 18.2 Å². The van der Waals surface area contributed by atoms with E-state index < -0.39 is 5.69 Å². The maximum Gasteiger partial charge on any atom is 0.349 e. The third-order valence-electron chi connectivity index (χ3n) is 2.03. The lowest BCUT2D eigenvalue weighted by Crippen LogP contribution is -2.19. The van der Waals surface area contributed by atoms with Crippen LogP contribution in [0.3, 0.4) is 0 Å². The number of anilines is 1. The minimum atomic E-state index is -0.629. The van der Waals surface area contributed by atoms with Crippen LogP contribution in [0.1, 0.15) is 0 Å². The average molecular weight is 235 g/mol. The normalized spacial score (nSPS) is 10.2. The lowest BCUT2D eigenvalue weighted by atomic mass is 10.2. The zero-order chi connectivity index (χ0) is 12.4. The summed E-state index contributed by atoms with van der Waals surface area (Å²) < 4.78 is 0. The molecule has 8 nitrogen and oxygen atoms in total. The zero-order valence-electron chi connectivity index (χ0n) is 8.51. The van der Waals surface area contributed by atoms with Crippen molar-refractivity contribution in [2.45, 2.75) is 0 Å². The number of rotatable bonds is 2. The first kappa shape index (κ1) is 10.9. The van der Waals surface area contributed by atoms with E-state index in [9.17, 15) is 9.90 Å². The van der Waals surface area contributed by atoms with E-state index in [4.69, 9.17) is 10.9 Å². The number of aromatic amines is 1. The number of aromatic hydroxyl groups is 2. The van der Waals surface area contributed by atoms with Crippen molar-refractivity contribution in [3.05, 3.63) is 28.7 Å². The molecule has 0 saturated heterocycles. The third-order valence-corrected chi connectivity index (χ3v) is 2.03. The molecule has 0 bridgehead atoms. The van der Waals surface area contributed by atoms with Gasteiger partial charge in [-0.15, -0.1) is 0 Å². The molecule has 17 heavy (non-hydrogen) atoms. The Labute approximate surface area is 94.8 Å². The second-order valence-corrected chi connectivity index (χ2v) is 3.17. The SMILES string of the molecule is NNc1nc(-c2ccc(O)c(O)c2)[nH]c(=O)n1. The second-order valence-electron chi connectivity index (χ2n) is 3.17. The number of nitrogens with two attached hydrogens (primary N) is 1. The second kappa shape index (κ2) is 4.10. The van der Waals surface area contributed by atoms with Gasteiger partial charge in [0, 0.05) is 5.56 Å². The number of benzene rings is 1. The zero-order valence-corrected chi connectivity index (χ0v) is 8.51. The summed E-state index contributed by atoms with van der Waals surface area (Å²) in [6.45, 7) is 0. The standard InChI is InChI=1S/C9H9N5O3/c10-14-8-11-7(12-9(17)13-8)4-1-2-5(15)6(16)3-4/h1-3,15-16H,10H2,(H2,11,12,13,14,17). The van der Waals surface area contributed by atoms with Gasteiger partial charge in [-0.1, -0.05) is 0 Å². The molecule has 1 aromatic carbocycles. The first-order valence-electron chi connectivity index (χ1n) is 4.57. The summed E-state index contributed by atoms with van der Waals surface area (Å²) in [4.78, 5) is 20.9. The van der Waals surface area contributed by atoms with E-state index in [1.807, 2.05) is 0 Å². The molecule has 0 saturated carbocycles. The Morgan fingerprint density at radius 2 is 2.00 bits per heavy atom. The molecule has 1 aromatic heterocycles. The molecule has 88 valence electrons. The van der Waals surface area contributed by atoms with Gasteiger partial charge >= 0.3 is 5.69 Å². The predicted molar refractivity (Wildman–Crippen MR) is 59.2 cm³/mol. The van der Waals surface area contributed by atoms with Crippen molar-refractivity contribution < 1.29 is 10.2 Å². The van der Waals surface area contributed by atoms with Crippen LogP contribution in [0.2, 0.25) is 0 Å². The number of hydrogen-bond acceptors (Lipinski definition) is 7. The highest BCUT2D eigenvalue weighted by Gasteiger charge is 2.07. The Balaban J connectivity index is 2.55. The summed E-state index contributed by atoms with van der Waals surface area (Å²) in [7, 11) is 0.